The second-order valence-corrected chi connectivity index (χ2v) is 6.90. The number of ketones is 1. The number of carbonyl (C=O) groups is 2. The van der Waals surface area contributed by atoms with Gasteiger partial charge in [0.25, 0.3) is 5.91 Å². The summed E-state index contributed by atoms with van der Waals surface area (Å²) in [5.41, 5.74) is 8.92. The van der Waals surface area contributed by atoms with Crippen LogP contribution in [0.5, 0.6) is 0 Å². The smallest absolute Gasteiger partial charge is 0.256 e. The molecule has 2 aromatic rings. The highest BCUT2D eigenvalue weighted by molar-refractivity contribution is 6.02. The minimum absolute atomic E-state index is 0.0232. The van der Waals surface area contributed by atoms with E-state index >= 15 is 0 Å². The van der Waals surface area contributed by atoms with Crippen molar-refractivity contribution in [1.82, 2.24) is 4.90 Å². The molecule has 0 unspecified atom stereocenters. The van der Waals surface area contributed by atoms with E-state index in [-0.39, 0.29) is 24.7 Å². The summed E-state index contributed by atoms with van der Waals surface area (Å²) in [7, 11) is 0. The van der Waals surface area contributed by atoms with Gasteiger partial charge in [0.2, 0.25) is 0 Å². The first-order chi connectivity index (χ1) is 12.5. The summed E-state index contributed by atoms with van der Waals surface area (Å²) in [5.74, 6) is -0.321. The molecule has 5 heteroatoms. The van der Waals surface area contributed by atoms with E-state index in [1.807, 2.05) is 31.2 Å². The van der Waals surface area contributed by atoms with Crippen LogP contribution in [0.25, 0.3) is 0 Å². The van der Waals surface area contributed by atoms with Crippen LogP contribution in [0.2, 0.25) is 0 Å². The maximum atomic E-state index is 12.8. The summed E-state index contributed by atoms with van der Waals surface area (Å²) in [6, 6.07) is 14.3. The fourth-order valence-corrected chi connectivity index (χ4v) is 3.38. The molecule has 0 aliphatic carbocycles. The van der Waals surface area contributed by atoms with Crippen molar-refractivity contribution in [2.24, 2.45) is 0 Å². The van der Waals surface area contributed by atoms with Crippen LogP contribution in [0, 0.1) is 6.92 Å². The lowest BCUT2D eigenvalue weighted by Gasteiger charge is -2.24. The van der Waals surface area contributed by atoms with Crippen LogP contribution in [0.1, 0.15) is 34.3 Å². The maximum Gasteiger partial charge on any atom is 0.256 e. The Morgan fingerprint density at radius 2 is 1.85 bits per heavy atom. The number of Topliss-reactive ketones (excluding diaryl/α,β-unsaturated/α-hetero) is 1. The van der Waals surface area contributed by atoms with Gasteiger partial charge in [-0.25, -0.2) is 0 Å². The van der Waals surface area contributed by atoms with Gasteiger partial charge in [-0.1, -0.05) is 42.0 Å². The minimum Gasteiger partial charge on any atom is -0.398 e. The first-order valence-corrected chi connectivity index (χ1v) is 8.87. The van der Waals surface area contributed by atoms with Crippen molar-refractivity contribution in [1.29, 1.82) is 0 Å². The van der Waals surface area contributed by atoms with Gasteiger partial charge in [-0.15, -0.1) is 0 Å². The number of nitrogen functional groups attached to an aromatic ring is 1. The second kappa shape index (κ2) is 7.70. The van der Waals surface area contributed by atoms with E-state index in [0.717, 1.165) is 5.56 Å². The molecule has 2 atom stereocenters. The van der Waals surface area contributed by atoms with Gasteiger partial charge in [-0.3, -0.25) is 9.59 Å². The number of amides is 1. The Hall–Kier alpha value is -2.66. The quantitative estimate of drug-likeness (QED) is 0.809. The summed E-state index contributed by atoms with van der Waals surface area (Å²) in [4.78, 5) is 27.0. The highest BCUT2D eigenvalue weighted by Crippen LogP contribution is 2.25. The average molecular weight is 352 g/mol. The number of anilines is 1. The molecule has 26 heavy (non-hydrogen) atoms. The van der Waals surface area contributed by atoms with Crippen LogP contribution in [0.15, 0.2) is 48.5 Å². The minimum atomic E-state index is -0.683. The highest BCUT2D eigenvalue weighted by atomic mass is 16.3. The van der Waals surface area contributed by atoms with E-state index < -0.39 is 12.1 Å². The van der Waals surface area contributed by atoms with Crippen molar-refractivity contribution in [3.05, 3.63) is 65.2 Å². The van der Waals surface area contributed by atoms with Crippen LogP contribution in [0.3, 0.4) is 0 Å². The molecule has 1 amide bonds. The third-order valence-corrected chi connectivity index (χ3v) is 4.88. The number of nitrogens with two attached hydrogens (primary N) is 1. The molecular formula is C21H24N2O3. The predicted octanol–water partition coefficient (Wildman–Crippen LogP) is 2.35. The molecule has 1 fully saturated rings. The number of likely N-dealkylation sites (tertiary alicyclic amines) is 1. The number of β-amino-alcohol motifs (C(OH)–C–C–N with tert-alkyl or cyclic N) is 1. The average Bonchev–Trinajstić information content (AvgIpc) is 3.03. The molecule has 0 saturated carbocycles. The zero-order valence-electron chi connectivity index (χ0n) is 14.9. The lowest BCUT2D eigenvalue weighted by Crippen LogP contribution is -2.41. The summed E-state index contributed by atoms with van der Waals surface area (Å²) in [5, 5.41) is 10.0. The Morgan fingerprint density at radius 3 is 2.54 bits per heavy atom. The number of rotatable bonds is 5. The van der Waals surface area contributed by atoms with E-state index in [0.29, 0.717) is 24.1 Å². The number of para-hydroxylation sites is 1. The largest absolute Gasteiger partial charge is 0.398 e. The van der Waals surface area contributed by atoms with Gasteiger partial charge in [0.05, 0.1) is 17.7 Å². The molecule has 0 radical (unpaired) electrons. The fourth-order valence-electron chi connectivity index (χ4n) is 3.38. The van der Waals surface area contributed by atoms with Crippen molar-refractivity contribution in [2.75, 3.05) is 12.3 Å². The molecular weight excluding hydrogens is 328 g/mol. The van der Waals surface area contributed by atoms with E-state index in [4.69, 9.17) is 5.73 Å². The number of hydrogen-bond acceptors (Lipinski definition) is 4. The van der Waals surface area contributed by atoms with Gasteiger partial charge >= 0.3 is 0 Å². The highest BCUT2D eigenvalue weighted by Gasteiger charge is 2.39. The molecule has 1 aliphatic heterocycles. The van der Waals surface area contributed by atoms with Gasteiger partial charge in [0, 0.05) is 25.1 Å². The fraction of sp³-hybridized carbons (Fsp3) is 0.333. The van der Waals surface area contributed by atoms with Gasteiger partial charge < -0.3 is 15.7 Å². The second-order valence-electron chi connectivity index (χ2n) is 6.90. The lowest BCUT2D eigenvalue weighted by atomic mass is 10.0. The Morgan fingerprint density at radius 1 is 1.15 bits per heavy atom. The Kier molecular flexibility index (Phi) is 5.38. The van der Waals surface area contributed by atoms with Gasteiger partial charge in [-0.2, -0.15) is 0 Å². The Labute approximate surface area is 153 Å². The maximum absolute atomic E-state index is 12.8. The molecule has 0 spiro atoms. The van der Waals surface area contributed by atoms with E-state index in [9.17, 15) is 14.7 Å². The number of nitrogens with zero attached hydrogens (tertiary/aromatic N) is 1. The number of aliphatic hydroxyl groups is 1. The van der Waals surface area contributed by atoms with Gasteiger partial charge in [0.15, 0.2) is 5.78 Å². The molecule has 3 N–H and O–H groups in total. The standard InChI is InChI=1S/C21H24N2O3/c1-14-6-8-15(9-7-14)10-11-20(25)19-12-16(24)13-23(19)21(26)17-4-2-3-5-18(17)22/h2-9,16,19,24H,10-13,22H2,1H3/t16-,19+/m1/s1. The Balaban J connectivity index is 1.70. The molecule has 1 saturated heterocycles. The van der Waals surface area contributed by atoms with Crippen molar-refractivity contribution in [2.45, 2.75) is 38.3 Å². The Bertz CT molecular complexity index is 801. The zero-order valence-corrected chi connectivity index (χ0v) is 14.9. The summed E-state index contributed by atoms with van der Waals surface area (Å²) >= 11 is 0. The number of carbonyl (C=O) groups excluding carboxylic acids is 2. The van der Waals surface area contributed by atoms with Crippen molar-refractivity contribution in [3.8, 4) is 0 Å². The first kappa shape index (κ1) is 18.1. The van der Waals surface area contributed by atoms with E-state index in [1.165, 1.54) is 10.5 Å². The third kappa shape index (κ3) is 3.94. The monoisotopic (exact) mass is 352 g/mol. The van der Waals surface area contributed by atoms with E-state index in [1.54, 1.807) is 24.3 Å². The van der Waals surface area contributed by atoms with Crippen LogP contribution < -0.4 is 5.73 Å². The summed E-state index contributed by atoms with van der Waals surface area (Å²) in [6.07, 6.45) is 0.568. The molecule has 0 bridgehead atoms. The number of benzene rings is 2. The third-order valence-electron chi connectivity index (χ3n) is 4.88. The topological polar surface area (TPSA) is 83.6 Å². The van der Waals surface area contributed by atoms with E-state index in [2.05, 4.69) is 0 Å². The first-order valence-electron chi connectivity index (χ1n) is 8.87. The summed E-state index contributed by atoms with van der Waals surface area (Å²) < 4.78 is 0. The lowest BCUT2D eigenvalue weighted by molar-refractivity contribution is -0.122. The SMILES string of the molecule is Cc1ccc(CCC(=O)[C@@H]2C[C@@H](O)CN2C(=O)c2ccccc2N)cc1. The molecule has 136 valence electrons. The van der Waals surface area contributed by atoms with Crippen molar-refractivity contribution in [3.63, 3.8) is 0 Å². The predicted molar refractivity (Wildman–Crippen MR) is 101 cm³/mol. The van der Waals surface area contributed by atoms with Gasteiger partial charge in [-0.05, 0) is 31.0 Å². The molecule has 1 aliphatic rings. The number of hydrogen-bond donors (Lipinski definition) is 2. The van der Waals surface area contributed by atoms with Gasteiger partial charge in [0.1, 0.15) is 0 Å². The number of aliphatic hydroxyl groups excluding tert-OH is 1. The molecule has 1 heterocycles. The molecule has 2 aromatic carbocycles. The molecule has 3 rings (SSSR count). The number of aryl methyl sites for hydroxylation is 2. The van der Waals surface area contributed by atoms with Crippen LogP contribution in [0.4, 0.5) is 5.69 Å². The summed E-state index contributed by atoms with van der Waals surface area (Å²) in [6.45, 7) is 2.18. The van der Waals surface area contributed by atoms with Crippen molar-refractivity contribution < 1.29 is 14.7 Å². The van der Waals surface area contributed by atoms with Crippen LogP contribution in [-0.2, 0) is 11.2 Å². The molecule has 5 nitrogen and oxygen atoms in total. The van der Waals surface area contributed by atoms with Crippen LogP contribution >= 0.6 is 0 Å². The van der Waals surface area contributed by atoms with Crippen LogP contribution in [-0.4, -0.2) is 40.4 Å². The van der Waals surface area contributed by atoms with Crippen molar-refractivity contribution >= 4 is 17.4 Å². The zero-order chi connectivity index (χ0) is 18.7. The normalized spacial score (nSPS) is 19.5. The molecule has 0 aromatic heterocycles.